The Morgan fingerprint density at radius 3 is 3.00 bits per heavy atom. The summed E-state index contributed by atoms with van der Waals surface area (Å²) in [7, 11) is 0. The molecule has 3 rings (SSSR count). The first-order valence-corrected chi connectivity index (χ1v) is 7.36. The quantitative estimate of drug-likeness (QED) is 0.691. The van der Waals surface area contributed by atoms with Gasteiger partial charge in [-0.3, -0.25) is 4.79 Å². The second-order valence-electron chi connectivity index (χ2n) is 6.72. The highest BCUT2D eigenvalue weighted by atomic mass is 16.1. The van der Waals surface area contributed by atoms with Gasteiger partial charge < -0.3 is 0 Å². The van der Waals surface area contributed by atoms with Gasteiger partial charge in [-0.2, -0.15) is 0 Å². The molecule has 0 spiro atoms. The van der Waals surface area contributed by atoms with Gasteiger partial charge in [0.05, 0.1) is 0 Å². The summed E-state index contributed by atoms with van der Waals surface area (Å²) < 4.78 is 0. The van der Waals surface area contributed by atoms with Crippen molar-refractivity contribution in [1.82, 2.24) is 0 Å². The fraction of sp³-hybridized carbons (Fsp3) is 0.750. The van der Waals surface area contributed by atoms with E-state index in [9.17, 15) is 4.79 Å². The van der Waals surface area contributed by atoms with Crippen LogP contribution < -0.4 is 0 Å². The van der Waals surface area contributed by atoms with Crippen molar-refractivity contribution in [2.24, 2.45) is 28.2 Å². The van der Waals surface area contributed by atoms with Crippen LogP contribution in [-0.2, 0) is 4.79 Å². The normalized spacial score (nSPS) is 43.1. The summed E-state index contributed by atoms with van der Waals surface area (Å²) in [5, 5.41) is 0. The number of nitrogens with zero attached hydrogens (tertiary/aromatic N) is 1. The van der Waals surface area contributed by atoms with Crippen LogP contribution in [0.1, 0.15) is 52.9 Å². The molecule has 0 saturated heterocycles. The molecule has 2 bridgehead atoms. The van der Waals surface area contributed by atoms with E-state index in [1.165, 1.54) is 24.8 Å². The Morgan fingerprint density at radius 2 is 2.28 bits per heavy atom. The molecule has 0 aromatic rings. The Labute approximate surface area is 110 Å². The van der Waals surface area contributed by atoms with Crippen LogP contribution in [0.2, 0.25) is 0 Å². The van der Waals surface area contributed by atoms with Crippen LogP contribution in [-0.4, -0.2) is 11.6 Å². The average Bonchev–Trinajstić information content (AvgIpc) is 2.26. The molecular weight excluding hydrogens is 222 g/mol. The van der Waals surface area contributed by atoms with E-state index in [-0.39, 0.29) is 11.3 Å². The van der Waals surface area contributed by atoms with Gasteiger partial charge in [0.25, 0.3) is 0 Å². The summed E-state index contributed by atoms with van der Waals surface area (Å²) in [6.45, 7) is 7.12. The summed E-state index contributed by atoms with van der Waals surface area (Å²) in [5.41, 5.74) is 2.81. The van der Waals surface area contributed by atoms with Gasteiger partial charge in [0, 0.05) is 12.1 Å². The topological polar surface area (TPSA) is 29.4 Å². The SMILES string of the molecule is CCC1C2CC3=NC(=O)CC=C3C1(C)CC(C)C2. The molecule has 98 valence electrons. The molecule has 0 N–H and O–H groups in total. The van der Waals surface area contributed by atoms with E-state index >= 15 is 0 Å². The van der Waals surface area contributed by atoms with Crippen molar-refractivity contribution >= 4 is 11.6 Å². The molecule has 2 nitrogen and oxygen atoms in total. The predicted octanol–water partition coefficient (Wildman–Crippen LogP) is 3.77. The first-order valence-electron chi connectivity index (χ1n) is 7.36. The Morgan fingerprint density at radius 1 is 1.50 bits per heavy atom. The van der Waals surface area contributed by atoms with Crippen LogP contribution >= 0.6 is 0 Å². The van der Waals surface area contributed by atoms with E-state index in [2.05, 4.69) is 31.8 Å². The lowest BCUT2D eigenvalue weighted by Gasteiger charge is -2.54. The molecule has 2 saturated carbocycles. The molecule has 1 amide bonds. The largest absolute Gasteiger partial charge is 0.272 e. The molecule has 2 fully saturated rings. The van der Waals surface area contributed by atoms with Crippen LogP contribution in [0.5, 0.6) is 0 Å². The average molecular weight is 245 g/mol. The van der Waals surface area contributed by atoms with Crippen LogP contribution in [0.4, 0.5) is 0 Å². The Hall–Kier alpha value is -0.920. The van der Waals surface area contributed by atoms with Gasteiger partial charge in [-0.25, -0.2) is 4.99 Å². The van der Waals surface area contributed by atoms with Crippen LogP contribution in [0, 0.1) is 23.2 Å². The number of allylic oxidation sites excluding steroid dienone is 1. The smallest absolute Gasteiger partial charge is 0.249 e. The molecule has 1 heterocycles. The number of hydrogen-bond acceptors (Lipinski definition) is 1. The number of aliphatic imine (C=N–C) groups is 1. The minimum absolute atomic E-state index is 0.0541. The van der Waals surface area contributed by atoms with Crippen molar-refractivity contribution in [1.29, 1.82) is 0 Å². The van der Waals surface area contributed by atoms with Crippen molar-refractivity contribution in [3.05, 3.63) is 11.6 Å². The molecule has 0 aromatic heterocycles. The van der Waals surface area contributed by atoms with Crippen LogP contribution in [0.25, 0.3) is 0 Å². The van der Waals surface area contributed by atoms with Gasteiger partial charge in [0.1, 0.15) is 0 Å². The summed E-state index contributed by atoms with van der Waals surface area (Å²) in [5.74, 6) is 2.39. The van der Waals surface area contributed by atoms with E-state index in [0.717, 1.165) is 29.9 Å². The van der Waals surface area contributed by atoms with Gasteiger partial charge in [-0.1, -0.05) is 33.3 Å². The molecule has 1 aliphatic heterocycles. The first-order chi connectivity index (χ1) is 8.54. The summed E-state index contributed by atoms with van der Waals surface area (Å²) >= 11 is 0. The van der Waals surface area contributed by atoms with E-state index < -0.39 is 0 Å². The molecule has 0 radical (unpaired) electrons. The first kappa shape index (κ1) is 12.1. The van der Waals surface area contributed by atoms with Crippen molar-refractivity contribution in [2.45, 2.75) is 52.9 Å². The highest BCUT2D eigenvalue weighted by Crippen LogP contribution is 2.57. The predicted molar refractivity (Wildman–Crippen MR) is 73.5 cm³/mol. The number of fused-ring (bicyclic) bond motifs is 4. The van der Waals surface area contributed by atoms with Gasteiger partial charge in [0.2, 0.25) is 5.91 Å². The van der Waals surface area contributed by atoms with E-state index in [1.54, 1.807) is 0 Å². The zero-order chi connectivity index (χ0) is 12.9. The molecule has 4 unspecified atom stereocenters. The van der Waals surface area contributed by atoms with Crippen LogP contribution in [0.15, 0.2) is 16.6 Å². The minimum atomic E-state index is 0.0541. The second-order valence-corrected chi connectivity index (χ2v) is 6.72. The summed E-state index contributed by atoms with van der Waals surface area (Å²) in [6.07, 6.45) is 7.57. The Bertz CT molecular complexity index is 448. The second kappa shape index (κ2) is 4.04. The lowest BCUT2D eigenvalue weighted by molar-refractivity contribution is -0.117. The van der Waals surface area contributed by atoms with E-state index in [1.807, 2.05) is 0 Å². The maximum absolute atomic E-state index is 11.5. The zero-order valence-corrected chi connectivity index (χ0v) is 11.7. The Kier molecular flexibility index (Phi) is 2.72. The monoisotopic (exact) mass is 245 g/mol. The number of hydrogen-bond donors (Lipinski definition) is 0. The molecular formula is C16H23NO. The maximum atomic E-state index is 11.5. The number of carbonyl (C=O) groups excluding carboxylic acids is 1. The van der Waals surface area contributed by atoms with Crippen molar-refractivity contribution in [2.75, 3.05) is 0 Å². The van der Waals surface area contributed by atoms with Gasteiger partial charge in [0.15, 0.2) is 0 Å². The maximum Gasteiger partial charge on any atom is 0.249 e. The van der Waals surface area contributed by atoms with E-state index in [4.69, 9.17) is 0 Å². The van der Waals surface area contributed by atoms with Gasteiger partial charge >= 0.3 is 0 Å². The molecule has 4 atom stereocenters. The summed E-state index contributed by atoms with van der Waals surface area (Å²) in [4.78, 5) is 15.9. The third-order valence-corrected chi connectivity index (χ3v) is 5.43. The number of rotatable bonds is 1. The third-order valence-electron chi connectivity index (χ3n) is 5.43. The molecule has 2 heteroatoms. The Balaban J connectivity index is 2.06. The fourth-order valence-electron chi connectivity index (χ4n) is 5.01. The lowest BCUT2D eigenvalue weighted by Crippen LogP contribution is -2.48. The molecule has 0 aromatic carbocycles. The van der Waals surface area contributed by atoms with Crippen molar-refractivity contribution in [3.63, 3.8) is 0 Å². The molecule has 3 aliphatic rings. The highest BCUT2D eigenvalue weighted by Gasteiger charge is 2.51. The summed E-state index contributed by atoms with van der Waals surface area (Å²) in [6, 6.07) is 0. The fourth-order valence-corrected chi connectivity index (χ4v) is 5.01. The van der Waals surface area contributed by atoms with Crippen molar-refractivity contribution in [3.8, 4) is 0 Å². The number of carbonyl (C=O) groups is 1. The number of dihydropyridines is 1. The van der Waals surface area contributed by atoms with Gasteiger partial charge in [-0.05, 0) is 48.0 Å². The third kappa shape index (κ3) is 1.61. The minimum Gasteiger partial charge on any atom is -0.272 e. The zero-order valence-electron chi connectivity index (χ0n) is 11.7. The molecule has 18 heavy (non-hydrogen) atoms. The lowest BCUT2D eigenvalue weighted by atomic mass is 9.50. The van der Waals surface area contributed by atoms with E-state index in [0.29, 0.717) is 6.42 Å². The number of amides is 1. The van der Waals surface area contributed by atoms with Crippen LogP contribution in [0.3, 0.4) is 0 Å². The van der Waals surface area contributed by atoms with Crippen molar-refractivity contribution < 1.29 is 4.79 Å². The molecule has 2 aliphatic carbocycles. The standard InChI is InChI=1S/C16H23NO/c1-4-12-11-7-10(2)9-16(12,3)13-5-6-15(18)17-14(13)8-11/h5,10-12H,4,6-9H2,1-3H3. The van der Waals surface area contributed by atoms with Gasteiger partial charge in [-0.15, -0.1) is 0 Å². The highest BCUT2D eigenvalue weighted by molar-refractivity contribution is 6.10.